The molecule has 0 fully saturated rings. The number of halogens is 1. The van der Waals surface area contributed by atoms with Gasteiger partial charge in [0.15, 0.2) is 0 Å². The van der Waals surface area contributed by atoms with Crippen molar-refractivity contribution in [2.75, 3.05) is 0 Å². The van der Waals surface area contributed by atoms with Crippen LogP contribution in [0, 0.1) is 0 Å². The highest BCUT2D eigenvalue weighted by molar-refractivity contribution is 9.10. The molecule has 19 heavy (non-hydrogen) atoms. The molecule has 1 unspecified atom stereocenters. The molecule has 0 saturated heterocycles. The van der Waals surface area contributed by atoms with E-state index >= 15 is 0 Å². The molecule has 1 amide bonds. The third-order valence-corrected chi connectivity index (χ3v) is 3.65. The number of carbonyl (C=O) groups excluding carboxylic acids is 1. The highest BCUT2D eigenvalue weighted by atomic mass is 79.9. The van der Waals surface area contributed by atoms with Crippen LogP contribution in [-0.2, 0) is 10.3 Å². The monoisotopic (exact) mass is 326 g/mol. The predicted molar refractivity (Wildman–Crippen MR) is 82.8 cm³/mol. The number of hydrogen-bond acceptors (Lipinski definition) is 2. The second-order valence-electron chi connectivity index (χ2n) is 5.43. The molecular formula is C15H23BrN2O. The van der Waals surface area contributed by atoms with E-state index in [0.717, 1.165) is 22.9 Å². The topological polar surface area (TPSA) is 55.1 Å². The first-order chi connectivity index (χ1) is 8.85. The van der Waals surface area contributed by atoms with Gasteiger partial charge in [-0.05, 0) is 38.0 Å². The third kappa shape index (κ3) is 5.33. The fraction of sp³-hybridized carbons (Fsp3) is 0.533. The zero-order valence-corrected chi connectivity index (χ0v) is 13.5. The van der Waals surface area contributed by atoms with Gasteiger partial charge >= 0.3 is 0 Å². The van der Waals surface area contributed by atoms with E-state index in [1.54, 1.807) is 0 Å². The van der Waals surface area contributed by atoms with Gasteiger partial charge in [0, 0.05) is 16.9 Å². The molecule has 106 valence electrons. The van der Waals surface area contributed by atoms with Crippen LogP contribution in [0.2, 0.25) is 0 Å². The van der Waals surface area contributed by atoms with E-state index in [1.807, 2.05) is 38.1 Å². The van der Waals surface area contributed by atoms with E-state index in [0.29, 0.717) is 6.42 Å². The Morgan fingerprint density at radius 1 is 1.37 bits per heavy atom. The van der Waals surface area contributed by atoms with Crippen LogP contribution in [0.25, 0.3) is 0 Å². The van der Waals surface area contributed by atoms with Crippen molar-refractivity contribution in [1.82, 2.24) is 5.32 Å². The molecule has 0 aliphatic rings. The first-order valence-corrected chi connectivity index (χ1v) is 7.47. The second-order valence-corrected chi connectivity index (χ2v) is 6.35. The second kappa shape index (κ2) is 7.06. The van der Waals surface area contributed by atoms with Crippen molar-refractivity contribution in [3.8, 4) is 0 Å². The number of hydrogen-bond donors (Lipinski definition) is 2. The van der Waals surface area contributed by atoms with Gasteiger partial charge < -0.3 is 11.1 Å². The smallest absolute Gasteiger partial charge is 0.222 e. The minimum Gasteiger partial charge on any atom is -0.347 e. The van der Waals surface area contributed by atoms with Gasteiger partial charge in [0.25, 0.3) is 0 Å². The molecule has 0 saturated carbocycles. The molecule has 3 nitrogen and oxygen atoms in total. The Kier molecular flexibility index (Phi) is 6.01. The summed E-state index contributed by atoms with van der Waals surface area (Å²) in [6, 6.07) is 7.93. The van der Waals surface area contributed by atoms with Crippen LogP contribution in [0.4, 0.5) is 0 Å². The predicted octanol–water partition coefficient (Wildman–Crippen LogP) is 3.32. The van der Waals surface area contributed by atoms with E-state index in [9.17, 15) is 4.79 Å². The lowest BCUT2D eigenvalue weighted by Gasteiger charge is -2.27. The molecule has 0 bridgehead atoms. The lowest BCUT2D eigenvalue weighted by atomic mass is 9.94. The van der Waals surface area contributed by atoms with Crippen LogP contribution >= 0.6 is 15.9 Å². The highest BCUT2D eigenvalue weighted by Gasteiger charge is 2.23. The average Bonchev–Trinajstić information content (AvgIpc) is 2.28. The van der Waals surface area contributed by atoms with Crippen LogP contribution < -0.4 is 11.1 Å². The van der Waals surface area contributed by atoms with E-state index < -0.39 is 0 Å². The first-order valence-electron chi connectivity index (χ1n) is 6.67. The van der Waals surface area contributed by atoms with Gasteiger partial charge in [-0.2, -0.15) is 0 Å². The van der Waals surface area contributed by atoms with Crippen molar-refractivity contribution >= 4 is 21.8 Å². The van der Waals surface area contributed by atoms with Crippen molar-refractivity contribution < 1.29 is 4.79 Å². The van der Waals surface area contributed by atoms with Gasteiger partial charge in [0.05, 0.1) is 5.54 Å². The molecule has 0 aromatic heterocycles. The van der Waals surface area contributed by atoms with Crippen LogP contribution in [0.15, 0.2) is 28.7 Å². The number of nitrogens with one attached hydrogen (secondary N) is 1. The summed E-state index contributed by atoms with van der Waals surface area (Å²) in [6.07, 6.45) is 2.27. The van der Waals surface area contributed by atoms with E-state index in [2.05, 4.69) is 28.2 Å². The van der Waals surface area contributed by atoms with Gasteiger partial charge in [-0.3, -0.25) is 4.79 Å². The van der Waals surface area contributed by atoms with Crippen molar-refractivity contribution in [2.24, 2.45) is 5.73 Å². The van der Waals surface area contributed by atoms with Crippen LogP contribution in [0.3, 0.4) is 0 Å². The zero-order chi connectivity index (χ0) is 14.5. The molecule has 4 heteroatoms. The van der Waals surface area contributed by atoms with Gasteiger partial charge in [0.2, 0.25) is 5.91 Å². The van der Waals surface area contributed by atoms with E-state index in [4.69, 9.17) is 5.73 Å². The fourth-order valence-electron chi connectivity index (χ4n) is 2.05. The van der Waals surface area contributed by atoms with Crippen LogP contribution in [0.1, 0.15) is 45.6 Å². The molecular weight excluding hydrogens is 304 g/mol. The van der Waals surface area contributed by atoms with Gasteiger partial charge in [-0.15, -0.1) is 0 Å². The lowest BCUT2D eigenvalue weighted by molar-refractivity contribution is -0.123. The molecule has 0 aliphatic carbocycles. The summed E-state index contributed by atoms with van der Waals surface area (Å²) in [5.41, 5.74) is 6.59. The third-order valence-electron chi connectivity index (χ3n) is 3.12. The van der Waals surface area contributed by atoms with Gasteiger partial charge in [0.1, 0.15) is 0 Å². The van der Waals surface area contributed by atoms with E-state index in [1.165, 1.54) is 0 Å². The lowest BCUT2D eigenvalue weighted by Crippen LogP contribution is -2.43. The summed E-state index contributed by atoms with van der Waals surface area (Å²) in [6.45, 7) is 6.07. The Bertz CT molecular complexity index is 415. The number of rotatable bonds is 6. The molecule has 0 radical (unpaired) electrons. The maximum absolute atomic E-state index is 12.0. The number of benzene rings is 1. The summed E-state index contributed by atoms with van der Waals surface area (Å²) in [4.78, 5) is 12.0. The minimum absolute atomic E-state index is 0.00821. The summed E-state index contributed by atoms with van der Waals surface area (Å²) in [5.74, 6) is 0.00821. The van der Waals surface area contributed by atoms with Crippen molar-refractivity contribution in [2.45, 2.75) is 51.6 Å². The maximum atomic E-state index is 12.0. The summed E-state index contributed by atoms with van der Waals surface area (Å²) < 4.78 is 1.03. The summed E-state index contributed by atoms with van der Waals surface area (Å²) in [5, 5.41) is 3.05. The Hall–Kier alpha value is -0.870. The van der Waals surface area contributed by atoms with Crippen molar-refractivity contribution in [3.05, 3.63) is 34.3 Å². The van der Waals surface area contributed by atoms with Gasteiger partial charge in [-0.25, -0.2) is 0 Å². The van der Waals surface area contributed by atoms with E-state index in [-0.39, 0.29) is 17.5 Å². The molecule has 0 spiro atoms. The Balaban J connectivity index is 2.63. The van der Waals surface area contributed by atoms with Gasteiger partial charge in [-0.1, -0.05) is 41.4 Å². The maximum Gasteiger partial charge on any atom is 0.222 e. The zero-order valence-electron chi connectivity index (χ0n) is 11.9. The van der Waals surface area contributed by atoms with Crippen molar-refractivity contribution in [1.29, 1.82) is 0 Å². The normalized spacial score (nSPS) is 13.1. The number of carbonyl (C=O) groups is 1. The summed E-state index contributed by atoms with van der Waals surface area (Å²) >= 11 is 3.41. The minimum atomic E-state index is -0.385. The van der Waals surface area contributed by atoms with Crippen LogP contribution in [-0.4, -0.2) is 11.9 Å². The molecule has 1 atom stereocenters. The molecule has 0 heterocycles. The molecule has 3 N–H and O–H groups in total. The Morgan fingerprint density at radius 3 is 2.47 bits per heavy atom. The largest absolute Gasteiger partial charge is 0.347 e. The molecule has 1 rings (SSSR count). The highest BCUT2D eigenvalue weighted by Crippen LogP contribution is 2.22. The quantitative estimate of drug-likeness (QED) is 0.842. The number of nitrogens with two attached hydrogens (primary N) is 1. The fourth-order valence-corrected chi connectivity index (χ4v) is 2.31. The Morgan fingerprint density at radius 2 is 1.95 bits per heavy atom. The molecule has 1 aromatic rings. The SMILES string of the molecule is CCCC(N)CC(=O)NC(C)(C)c1ccc(Br)cc1. The first kappa shape index (κ1) is 16.2. The van der Waals surface area contributed by atoms with Crippen LogP contribution in [0.5, 0.6) is 0 Å². The summed E-state index contributed by atoms with van der Waals surface area (Å²) in [7, 11) is 0. The Labute approximate surface area is 124 Å². The number of amides is 1. The molecule has 0 aliphatic heterocycles. The molecule has 1 aromatic carbocycles. The van der Waals surface area contributed by atoms with Crippen molar-refractivity contribution in [3.63, 3.8) is 0 Å². The average molecular weight is 327 g/mol. The standard InChI is InChI=1S/C15H23BrN2O/c1-4-5-13(17)10-14(19)18-15(2,3)11-6-8-12(16)9-7-11/h6-9,13H,4-5,10,17H2,1-3H3,(H,18,19).